The number of nitro benzene ring substituents is 1. The normalized spacial score (nSPS) is 13.5. The number of carbonyl (C=O) groups is 2. The van der Waals surface area contributed by atoms with Crippen LogP contribution in [0.4, 0.5) is 16.2 Å². The summed E-state index contributed by atoms with van der Waals surface area (Å²) in [5, 5.41) is 22.1. The number of nitrogens with one attached hydrogen (secondary N) is 1. The third kappa shape index (κ3) is 3.36. The van der Waals surface area contributed by atoms with E-state index in [9.17, 15) is 19.7 Å². The van der Waals surface area contributed by atoms with E-state index < -0.39 is 16.9 Å². The van der Waals surface area contributed by atoms with Gasteiger partial charge in [0, 0.05) is 23.3 Å². The Morgan fingerprint density at radius 3 is 2.65 bits per heavy atom. The van der Waals surface area contributed by atoms with Crippen molar-refractivity contribution in [3.05, 3.63) is 69.8 Å². The molecule has 26 heavy (non-hydrogen) atoms. The van der Waals surface area contributed by atoms with Crippen molar-refractivity contribution >= 4 is 29.1 Å². The fraction of sp³-hybridized carbons (Fsp3) is 0.118. The molecule has 0 fully saturated rings. The summed E-state index contributed by atoms with van der Waals surface area (Å²) in [6, 6.07) is 13.0. The van der Waals surface area contributed by atoms with Crippen molar-refractivity contribution < 1.29 is 19.6 Å². The number of carboxylic acid groups (broad SMARTS) is 1. The number of non-ortho nitro benzene ring substituents is 1. The maximum atomic E-state index is 12.4. The van der Waals surface area contributed by atoms with Crippen LogP contribution in [0.1, 0.15) is 11.1 Å². The van der Waals surface area contributed by atoms with Gasteiger partial charge in [0.05, 0.1) is 16.3 Å². The first kappa shape index (κ1) is 17.1. The van der Waals surface area contributed by atoms with Crippen molar-refractivity contribution in [3.63, 3.8) is 0 Å². The van der Waals surface area contributed by atoms with Crippen molar-refractivity contribution in [2.45, 2.75) is 0 Å². The lowest BCUT2D eigenvalue weighted by molar-refractivity contribution is -0.384. The number of carbonyl (C=O) groups excluding carboxylic acids is 1. The lowest BCUT2D eigenvalue weighted by Crippen LogP contribution is -2.42. The van der Waals surface area contributed by atoms with Gasteiger partial charge in [-0.15, -0.1) is 0 Å². The number of hydrogen-bond donors (Lipinski definition) is 2. The summed E-state index contributed by atoms with van der Waals surface area (Å²) in [4.78, 5) is 39.4. The van der Waals surface area contributed by atoms with Gasteiger partial charge >= 0.3 is 6.09 Å². The summed E-state index contributed by atoms with van der Waals surface area (Å²) in [5.41, 5.74) is 1.75. The molecule has 1 heterocycles. The van der Waals surface area contributed by atoms with Gasteiger partial charge in [-0.1, -0.05) is 30.3 Å². The lowest BCUT2D eigenvalue weighted by Gasteiger charge is -2.22. The Balaban J connectivity index is 2.15. The second-order valence-corrected chi connectivity index (χ2v) is 5.45. The number of nitrogens with zero attached hydrogens (tertiary/aromatic N) is 3. The Labute approximate surface area is 147 Å². The molecular formula is C17H14N4O5. The molecule has 132 valence electrons. The van der Waals surface area contributed by atoms with E-state index in [1.165, 1.54) is 23.1 Å². The topological polar surface area (TPSA) is 125 Å². The number of anilines is 1. The summed E-state index contributed by atoms with van der Waals surface area (Å²) >= 11 is 0. The van der Waals surface area contributed by atoms with Crippen molar-refractivity contribution in [3.8, 4) is 0 Å². The SMILES string of the molecule is O=C(O)NCN1C(=O)CN=C(c2ccccc2)c2cc([N+](=O)[O-])ccc21. The van der Waals surface area contributed by atoms with Crippen molar-refractivity contribution in [2.75, 3.05) is 18.1 Å². The molecule has 0 spiro atoms. The van der Waals surface area contributed by atoms with Gasteiger partial charge in [-0.25, -0.2) is 4.79 Å². The smallest absolute Gasteiger partial charge is 0.406 e. The van der Waals surface area contributed by atoms with Crippen LogP contribution in [0.15, 0.2) is 53.5 Å². The summed E-state index contributed by atoms with van der Waals surface area (Å²) in [6.07, 6.45) is -1.28. The maximum absolute atomic E-state index is 12.4. The zero-order chi connectivity index (χ0) is 18.7. The van der Waals surface area contributed by atoms with Gasteiger partial charge in [-0.3, -0.25) is 24.8 Å². The minimum Gasteiger partial charge on any atom is -0.465 e. The maximum Gasteiger partial charge on any atom is 0.406 e. The van der Waals surface area contributed by atoms with Crippen LogP contribution in [0.3, 0.4) is 0 Å². The van der Waals surface area contributed by atoms with Crippen LogP contribution in [0, 0.1) is 10.1 Å². The Kier molecular flexibility index (Phi) is 4.61. The molecule has 2 N–H and O–H groups in total. The number of hydrogen-bond acceptors (Lipinski definition) is 5. The molecule has 2 amide bonds. The summed E-state index contributed by atoms with van der Waals surface area (Å²) in [7, 11) is 0. The molecule has 0 aromatic heterocycles. The largest absolute Gasteiger partial charge is 0.465 e. The highest BCUT2D eigenvalue weighted by molar-refractivity contribution is 6.19. The van der Waals surface area contributed by atoms with Crippen molar-refractivity contribution in [1.29, 1.82) is 0 Å². The Morgan fingerprint density at radius 1 is 1.27 bits per heavy atom. The summed E-state index contributed by atoms with van der Waals surface area (Å²) in [6.45, 7) is -0.482. The fourth-order valence-corrected chi connectivity index (χ4v) is 2.68. The lowest BCUT2D eigenvalue weighted by atomic mass is 9.99. The first-order valence-corrected chi connectivity index (χ1v) is 7.63. The molecule has 1 aliphatic rings. The molecule has 3 rings (SSSR count). The van der Waals surface area contributed by atoms with Crippen molar-refractivity contribution in [2.24, 2.45) is 4.99 Å². The van der Waals surface area contributed by atoms with E-state index >= 15 is 0 Å². The van der Waals surface area contributed by atoms with Crippen LogP contribution in [-0.4, -0.2) is 41.0 Å². The molecule has 0 saturated heterocycles. The van der Waals surface area contributed by atoms with Crippen molar-refractivity contribution in [1.82, 2.24) is 5.32 Å². The van der Waals surface area contributed by atoms with Gasteiger partial charge in [0.25, 0.3) is 5.69 Å². The molecule has 2 aromatic carbocycles. The number of rotatable bonds is 4. The van der Waals surface area contributed by atoms with Gasteiger partial charge < -0.3 is 10.4 Å². The van der Waals surface area contributed by atoms with E-state index in [4.69, 9.17) is 5.11 Å². The molecule has 9 heteroatoms. The summed E-state index contributed by atoms with van der Waals surface area (Å²) < 4.78 is 0. The van der Waals surface area contributed by atoms with Crippen LogP contribution in [0.25, 0.3) is 0 Å². The van der Waals surface area contributed by atoms with Crippen LogP contribution < -0.4 is 10.2 Å². The molecule has 1 aliphatic heterocycles. The van der Waals surface area contributed by atoms with E-state index in [1.54, 1.807) is 24.3 Å². The van der Waals surface area contributed by atoms with Gasteiger partial charge in [0.2, 0.25) is 5.91 Å². The average molecular weight is 354 g/mol. The molecule has 0 saturated carbocycles. The van der Waals surface area contributed by atoms with Crippen LogP contribution in [0.5, 0.6) is 0 Å². The van der Waals surface area contributed by atoms with E-state index in [2.05, 4.69) is 10.3 Å². The second-order valence-electron chi connectivity index (χ2n) is 5.45. The number of aliphatic imine (C=N–C) groups is 1. The number of amides is 2. The standard InChI is InChI=1S/C17H14N4O5/c22-15-9-18-16(11-4-2-1-3-5-11)13-8-12(21(25)26)6-7-14(13)20(15)10-19-17(23)24/h1-8,19H,9-10H2,(H,23,24). The molecule has 0 unspecified atom stereocenters. The van der Waals surface area contributed by atoms with E-state index in [-0.39, 0.29) is 18.9 Å². The minimum atomic E-state index is -1.28. The predicted molar refractivity (Wildman–Crippen MR) is 93.6 cm³/mol. The van der Waals surface area contributed by atoms with E-state index in [0.29, 0.717) is 22.5 Å². The predicted octanol–water partition coefficient (Wildman–Crippen LogP) is 2.00. The highest BCUT2D eigenvalue weighted by Crippen LogP contribution is 2.30. The highest BCUT2D eigenvalue weighted by Gasteiger charge is 2.27. The molecule has 9 nitrogen and oxygen atoms in total. The number of fused-ring (bicyclic) bond motifs is 1. The minimum absolute atomic E-state index is 0.145. The first-order valence-electron chi connectivity index (χ1n) is 7.63. The van der Waals surface area contributed by atoms with Gasteiger partial charge in [-0.05, 0) is 6.07 Å². The quantitative estimate of drug-likeness (QED) is 0.642. The zero-order valence-electron chi connectivity index (χ0n) is 13.5. The zero-order valence-corrected chi connectivity index (χ0v) is 13.5. The van der Waals surface area contributed by atoms with Crippen LogP contribution in [-0.2, 0) is 4.79 Å². The molecule has 0 atom stereocenters. The first-order chi connectivity index (χ1) is 12.5. The molecule has 0 bridgehead atoms. The van der Waals surface area contributed by atoms with Gasteiger partial charge in [0.15, 0.2) is 0 Å². The number of benzene rings is 2. The number of benzodiazepines with no additional fused rings is 1. The Bertz CT molecular complexity index is 911. The van der Waals surface area contributed by atoms with Gasteiger partial charge in [0.1, 0.15) is 13.2 Å². The molecular weight excluding hydrogens is 340 g/mol. The monoisotopic (exact) mass is 354 g/mol. The fourth-order valence-electron chi connectivity index (χ4n) is 2.68. The third-order valence-electron chi connectivity index (χ3n) is 3.85. The second kappa shape index (κ2) is 7.01. The van der Waals surface area contributed by atoms with Crippen LogP contribution >= 0.6 is 0 Å². The Morgan fingerprint density at radius 2 is 2.00 bits per heavy atom. The third-order valence-corrected chi connectivity index (χ3v) is 3.85. The average Bonchev–Trinajstić information content (AvgIpc) is 2.76. The molecule has 0 radical (unpaired) electrons. The molecule has 2 aromatic rings. The summed E-state index contributed by atoms with van der Waals surface area (Å²) in [5.74, 6) is -0.417. The van der Waals surface area contributed by atoms with Gasteiger partial charge in [-0.2, -0.15) is 0 Å². The Hall–Kier alpha value is -3.75. The highest BCUT2D eigenvalue weighted by atomic mass is 16.6. The van der Waals surface area contributed by atoms with E-state index in [0.717, 1.165) is 0 Å². The molecule has 0 aliphatic carbocycles. The number of nitro groups is 1. The van der Waals surface area contributed by atoms with E-state index in [1.807, 2.05) is 6.07 Å². The van der Waals surface area contributed by atoms with Crippen LogP contribution in [0.2, 0.25) is 0 Å².